The van der Waals surface area contributed by atoms with Gasteiger partial charge in [-0.2, -0.15) is 13.2 Å². The van der Waals surface area contributed by atoms with Crippen LogP contribution in [0.25, 0.3) is 11.4 Å². The SMILES string of the molecule is C=CC(=O)N1CCN2C(=O)c3c(N4CC(N5CCN(C)CC5)CC4(C)C)nc(-c4ncccc4C(F)(F)F)c(Cl)c3OC[C@H]2C1. The van der Waals surface area contributed by atoms with E-state index in [0.29, 0.717) is 13.1 Å². The quantitative estimate of drug-likeness (QED) is 0.465. The molecular weight excluding hydrogens is 611 g/mol. The van der Waals surface area contributed by atoms with Crippen molar-refractivity contribution < 1.29 is 27.5 Å². The van der Waals surface area contributed by atoms with Crippen LogP contribution >= 0.6 is 11.6 Å². The molecule has 1 unspecified atom stereocenters. The van der Waals surface area contributed by atoms with Crippen LogP contribution in [-0.2, 0) is 11.0 Å². The van der Waals surface area contributed by atoms with Crippen LogP contribution in [0.3, 0.4) is 0 Å². The van der Waals surface area contributed by atoms with E-state index in [0.717, 1.165) is 38.7 Å². The number of alkyl halides is 3. The van der Waals surface area contributed by atoms with Crippen molar-refractivity contribution in [1.29, 1.82) is 0 Å². The number of halogens is 4. The standard InChI is InChI=1S/C31H37ClF3N7O3/c1-5-22(43)40-13-14-41-20(16-40)18-45-27-23(29(41)44)28(37-26(24(27)32)25-21(31(33,34)35)7-6-8-36-25)42-17-19(15-30(42,2)3)39-11-9-38(4)10-12-39/h5-8,19-20H,1,9-18H2,2-4H3/t19?,20-/m1/s1. The maximum absolute atomic E-state index is 14.4. The fraction of sp³-hybridized carbons (Fsp3) is 0.548. The zero-order chi connectivity index (χ0) is 32.3. The molecule has 3 saturated heterocycles. The number of fused-ring (bicyclic) bond motifs is 2. The Morgan fingerprint density at radius 1 is 1.11 bits per heavy atom. The summed E-state index contributed by atoms with van der Waals surface area (Å²) in [5, 5.41) is -0.210. The third-order valence-corrected chi connectivity index (χ3v) is 9.80. The van der Waals surface area contributed by atoms with Gasteiger partial charge in [0, 0.05) is 70.1 Å². The molecule has 10 nitrogen and oxygen atoms in total. The molecule has 2 aromatic rings. The minimum absolute atomic E-state index is 0.00998. The summed E-state index contributed by atoms with van der Waals surface area (Å²) in [6, 6.07) is 1.80. The lowest BCUT2D eigenvalue weighted by Gasteiger charge is -2.40. The van der Waals surface area contributed by atoms with E-state index >= 15 is 0 Å². The highest BCUT2D eigenvalue weighted by atomic mass is 35.5. The molecular formula is C31H37ClF3N7O3. The normalized spacial score (nSPS) is 24.2. The van der Waals surface area contributed by atoms with Gasteiger partial charge in [0.05, 0.1) is 11.6 Å². The first kappa shape index (κ1) is 31.6. The highest BCUT2D eigenvalue weighted by Gasteiger charge is 2.47. The van der Waals surface area contributed by atoms with Gasteiger partial charge in [-0.05, 0) is 45.5 Å². The molecule has 3 fully saturated rings. The summed E-state index contributed by atoms with van der Waals surface area (Å²) in [5.41, 5.74) is -2.01. The molecule has 45 heavy (non-hydrogen) atoms. The van der Waals surface area contributed by atoms with Crippen molar-refractivity contribution in [2.75, 3.05) is 70.9 Å². The van der Waals surface area contributed by atoms with Crippen LogP contribution in [0.4, 0.5) is 19.0 Å². The van der Waals surface area contributed by atoms with E-state index in [1.807, 2.05) is 4.90 Å². The van der Waals surface area contributed by atoms with Crippen molar-refractivity contribution >= 4 is 29.2 Å². The molecule has 4 aliphatic rings. The largest absolute Gasteiger partial charge is 0.489 e. The third kappa shape index (κ3) is 5.74. The number of pyridine rings is 2. The van der Waals surface area contributed by atoms with E-state index < -0.39 is 29.0 Å². The van der Waals surface area contributed by atoms with Crippen LogP contribution in [0, 0.1) is 0 Å². The Labute approximate surface area is 265 Å². The lowest BCUT2D eigenvalue weighted by atomic mass is 9.98. The average Bonchev–Trinajstić information content (AvgIpc) is 3.25. The van der Waals surface area contributed by atoms with E-state index in [-0.39, 0.29) is 65.4 Å². The van der Waals surface area contributed by atoms with Crippen molar-refractivity contribution in [2.24, 2.45) is 0 Å². The molecule has 6 heterocycles. The highest BCUT2D eigenvalue weighted by Crippen LogP contribution is 2.48. The van der Waals surface area contributed by atoms with Gasteiger partial charge in [-0.1, -0.05) is 18.2 Å². The first-order valence-electron chi connectivity index (χ1n) is 15.1. The van der Waals surface area contributed by atoms with Crippen molar-refractivity contribution in [2.45, 2.75) is 44.1 Å². The second kappa shape index (κ2) is 11.7. The lowest BCUT2D eigenvalue weighted by molar-refractivity contribution is -0.137. The number of likely N-dealkylation sites (N-methyl/N-ethyl adjacent to an activating group) is 1. The van der Waals surface area contributed by atoms with E-state index in [2.05, 4.69) is 42.3 Å². The van der Waals surface area contributed by atoms with Gasteiger partial charge < -0.3 is 24.3 Å². The molecule has 0 saturated carbocycles. The zero-order valence-electron chi connectivity index (χ0n) is 25.6. The van der Waals surface area contributed by atoms with Crippen molar-refractivity contribution in [3.63, 3.8) is 0 Å². The second-order valence-electron chi connectivity index (χ2n) is 12.8. The number of nitrogens with zero attached hydrogens (tertiary/aromatic N) is 7. The fourth-order valence-corrected chi connectivity index (χ4v) is 7.25. The summed E-state index contributed by atoms with van der Waals surface area (Å²) in [4.78, 5) is 45.7. The summed E-state index contributed by atoms with van der Waals surface area (Å²) >= 11 is 6.86. The van der Waals surface area contributed by atoms with Crippen LogP contribution < -0.4 is 9.64 Å². The van der Waals surface area contributed by atoms with Crippen LogP contribution in [0.2, 0.25) is 5.02 Å². The monoisotopic (exact) mass is 647 g/mol. The molecule has 2 atom stereocenters. The van der Waals surface area contributed by atoms with Gasteiger partial charge in [0.1, 0.15) is 34.4 Å². The molecule has 14 heteroatoms. The van der Waals surface area contributed by atoms with Crippen LogP contribution in [0.15, 0.2) is 31.0 Å². The number of ether oxygens (including phenoxy) is 1. The Bertz CT molecular complexity index is 1510. The maximum Gasteiger partial charge on any atom is 0.418 e. The summed E-state index contributed by atoms with van der Waals surface area (Å²) < 4.78 is 48.9. The Morgan fingerprint density at radius 3 is 2.53 bits per heavy atom. The summed E-state index contributed by atoms with van der Waals surface area (Å²) in [5.74, 6) is -0.435. The Hall–Kier alpha value is -3.42. The zero-order valence-corrected chi connectivity index (χ0v) is 26.4. The van der Waals surface area contributed by atoms with Gasteiger partial charge >= 0.3 is 6.18 Å². The molecule has 0 spiro atoms. The topological polar surface area (TPSA) is 85.4 Å². The number of hydrogen-bond donors (Lipinski definition) is 0. The predicted molar refractivity (Wildman–Crippen MR) is 163 cm³/mol. The van der Waals surface area contributed by atoms with Crippen LogP contribution in [0.1, 0.15) is 36.2 Å². The third-order valence-electron chi connectivity index (χ3n) is 9.45. The number of anilines is 1. The summed E-state index contributed by atoms with van der Waals surface area (Å²) in [6.07, 6.45) is -1.47. The minimum Gasteiger partial charge on any atom is -0.489 e. The molecule has 242 valence electrons. The first-order chi connectivity index (χ1) is 21.3. The van der Waals surface area contributed by atoms with Gasteiger partial charge in [0.15, 0.2) is 5.75 Å². The van der Waals surface area contributed by atoms with Crippen LogP contribution in [0.5, 0.6) is 5.75 Å². The van der Waals surface area contributed by atoms with Crippen molar-refractivity contribution in [3.05, 3.63) is 47.1 Å². The maximum atomic E-state index is 14.4. The molecule has 0 aliphatic carbocycles. The molecule has 4 aliphatic heterocycles. The Kier molecular flexibility index (Phi) is 8.23. The van der Waals surface area contributed by atoms with E-state index in [9.17, 15) is 22.8 Å². The highest BCUT2D eigenvalue weighted by molar-refractivity contribution is 6.35. The number of carbonyl (C=O) groups excluding carboxylic acids is 2. The number of piperazine rings is 2. The molecule has 0 N–H and O–H groups in total. The molecule has 2 amide bonds. The van der Waals surface area contributed by atoms with Crippen molar-refractivity contribution in [1.82, 2.24) is 29.6 Å². The number of aromatic nitrogens is 2. The Morgan fingerprint density at radius 2 is 1.84 bits per heavy atom. The summed E-state index contributed by atoms with van der Waals surface area (Å²) in [6.45, 7) is 12.6. The number of hydrogen-bond acceptors (Lipinski definition) is 8. The predicted octanol–water partition coefficient (Wildman–Crippen LogP) is 3.65. The van der Waals surface area contributed by atoms with Gasteiger partial charge in [-0.3, -0.25) is 19.5 Å². The van der Waals surface area contributed by atoms with Crippen molar-refractivity contribution in [3.8, 4) is 17.1 Å². The van der Waals surface area contributed by atoms with Gasteiger partial charge in [-0.15, -0.1) is 0 Å². The number of amides is 2. The summed E-state index contributed by atoms with van der Waals surface area (Å²) in [7, 11) is 2.09. The van der Waals surface area contributed by atoms with Gasteiger partial charge in [-0.25, -0.2) is 4.98 Å². The molecule has 0 radical (unpaired) electrons. The van der Waals surface area contributed by atoms with E-state index in [4.69, 9.17) is 21.3 Å². The fourth-order valence-electron chi connectivity index (χ4n) is 6.96. The minimum atomic E-state index is -4.72. The first-order valence-corrected chi connectivity index (χ1v) is 15.5. The van der Waals surface area contributed by atoms with Crippen LogP contribution in [-0.4, -0.2) is 125 Å². The molecule has 2 aromatic heterocycles. The van der Waals surface area contributed by atoms with E-state index in [1.54, 1.807) is 9.80 Å². The Balaban J connectivity index is 1.49. The molecule has 0 bridgehead atoms. The second-order valence-corrected chi connectivity index (χ2v) is 13.1. The lowest BCUT2D eigenvalue weighted by Crippen LogP contribution is -2.57. The molecule has 6 rings (SSSR count). The van der Waals surface area contributed by atoms with E-state index in [1.165, 1.54) is 18.3 Å². The smallest absolute Gasteiger partial charge is 0.418 e. The molecule has 0 aromatic carbocycles. The number of carbonyl (C=O) groups is 2. The number of rotatable bonds is 4. The average molecular weight is 648 g/mol. The van der Waals surface area contributed by atoms with Gasteiger partial charge in [0.2, 0.25) is 5.91 Å². The van der Waals surface area contributed by atoms with Gasteiger partial charge in [0.25, 0.3) is 5.91 Å².